The van der Waals surface area contributed by atoms with Gasteiger partial charge in [-0.3, -0.25) is 0 Å². The molecule has 0 bridgehead atoms. The van der Waals surface area contributed by atoms with Gasteiger partial charge in [0.2, 0.25) is 0 Å². The minimum absolute atomic E-state index is 0.337. The molecule has 0 amide bonds. The molecule has 0 aromatic carbocycles. The highest BCUT2D eigenvalue weighted by Gasteiger charge is 2.36. The zero-order valence-corrected chi connectivity index (χ0v) is 10.3. The minimum Gasteiger partial charge on any atom is -0.195 e. The van der Waals surface area contributed by atoms with E-state index in [9.17, 15) is 8.42 Å². The first-order valence-electron chi connectivity index (χ1n) is 5.46. The Kier molecular flexibility index (Phi) is 3.55. The Morgan fingerprint density at radius 1 is 1.13 bits per heavy atom. The van der Waals surface area contributed by atoms with Gasteiger partial charge in [0.25, 0.3) is 10.2 Å². The maximum Gasteiger partial charge on any atom is 0.281 e. The van der Waals surface area contributed by atoms with Gasteiger partial charge < -0.3 is 0 Å². The predicted octanol–water partition coefficient (Wildman–Crippen LogP) is 0.888. The monoisotopic (exact) mass is 252 g/mol. The molecule has 0 radical (unpaired) electrons. The van der Waals surface area contributed by atoms with Crippen LogP contribution in [0, 0.1) is 5.92 Å². The molecule has 2 heterocycles. The van der Waals surface area contributed by atoms with E-state index in [4.69, 9.17) is 11.6 Å². The van der Waals surface area contributed by atoms with Crippen LogP contribution in [-0.2, 0) is 10.2 Å². The molecule has 0 spiro atoms. The summed E-state index contributed by atoms with van der Waals surface area (Å²) < 4.78 is 27.4. The van der Waals surface area contributed by atoms with Crippen molar-refractivity contribution in [1.29, 1.82) is 0 Å². The second-order valence-corrected chi connectivity index (χ2v) is 6.52. The third-order valence-corrected chi connectivity index (χ3v) is 5.62. The van der Waals surface area contributed by atoms with E-state index in [1.165, 1.54) is 0 Å². The van der Waals surface area contributed by atoms with Crippen molar-refractivity contribution in [3.63, 3.8) is 0 Å². The lowest BCUT2D eigenvalue weighted by molar-refractivity contribution is 0.392. The Morgan fingerprint density at radius 3 is 2.33 bits per heavy atom. The quantitative estimate of drug-likeness (QED) is 0.700. The van der Waals surface area contributed by atoms with Crippen molar-refractivity contribution < 1.29 is 8.42 Å². The summed E-state index contributed by atoms with van der Waals surface area (Å²) in [6.07, 6.45) is 2.88. The first-order valence-corrected chi connectivity index (χ1v) is 7.39. The number of rotatable bonds is 3. The van der Waals surface area contributed by atoms with Crippen LogP contribution in [0.2, 0.25) is 0 Å². The second kappa shape index (κ2) is 4.57. The van der Waals surface area contributed by atoms with Crippen LogP contribution in [0.3, 0.4) is 0 Å². The Morgan fingerprint density at radius 2 is 1.80 bits per heavy atom. The van der Waals surface area contributed by atoms with Crippen molar-refractivity contribution in [1.82, 2.24) is 8.61 Å². The van der Waals surface area contributed by atoms with Crippen molar-refractivity contribution >= 4 is 21.8 Å². The average molecular weight is 253 g/mol. The van der Waals surface area contributed by atoms with Gasteiger partial charge in [-0.2, -0.15) is 17.0 Å². The molecule has 2 saturated heterocycles. The molecule has 2 aliphatic heterocycles. The lowest BCUT2D eigenvalue weighted by Crippen LogP contribution is -2.41. The Labute approximate surface area is 96.4 Å². The largest absolute Gasteiger partial charge is 0.281 e. The summed E-state index contributed by atoms with van der Waals surface area (Å²) in [7, 11) is -3.17. The third kappa shape index (κ3) is 2.30. The SMILES string of the molecule is O=S(=O)(N1CCCC1)N1CCC(CCl)C1. The van der Waals surface area contributed by atoms with Gasteiger partial charge in [0, 0.05) is 32.1 Å². The first kappa shape index (κ1) is 11.6. The van der Waals surface area contributed by atoms with Crippen LogP contribution < -0.4 is 0 Å². The van der Waals surface area contributed by atoms with E-state index in [1.54, 1.807) is 8.61 Å². The van der Waals surface area contributed by atoms with E-state index in [0.29, 0.717) is 38.0 Å². The normalized spacial score (nSPS) is 30.1. The molecule has 88 valence electrons. The number of hydrogen-bond donors (Lipinski definition) is 0. The van der Waals surface area contributed by atoms with Crippen molar-refractivity contribution in [2.45, 2.75) is 19.3 Å². The molecule has 0 N–H and O–H groups in total. The summed E-state index contributed by atoms with van der Waals surface area (Å²) in [5.41, 5.74) is 0. The third-order valence-electron chi connectivity index (χ3n) is 3.18. The molecule has 1 atom stereocenters. The van der Waals surface area contributed by atoms with Crippen LogP contribution in [0.5, 0.6) is 0 Å². The van der Waals surface area contributed by atoms with Gasteiger partial charge in [0.1, 0.15) is 0 Å². The van der Waals surface area contributed by atoms with Gasteiger partial charge in [-0.1, -0.05) is 0 Å². The van der Waals surface area contributed by atoms with Gasteiger partial charge in [0.05, 0.1) is 0 Å². The number of halogens is 1. The highest BCUT2D eigenvalue weighted by atomic mass is 35.5. The molecule has 0 aliphatic carbocycles. The number of alkyl halides is 1. The summed E-state index contributed by atoms with van der Waals surface area (Å²) in [6, 6.07) is 0. The van der Waals surface area contributed by atoms with Gasteiger partial charge in [-0.25, -0.2) is 0 Å². The van der Waals surface area contributed by atoms with Crippen molar-refractivity contribution in [2.75, 3.05) is 32.1 Å². The molecule has 15 heavy (non-hydrogen) atoms. The van der Waals surface area contributed by atoms with Crippen LogP contribution >= 0.6 is 11.6 Å². The second-order valence-electron chi connectivity index (χ2n) is 4.28. The minimum atomic E-state index is -3.17. The van der Waals surface area contributed by atoms with Crippen LogP contribution in [0.15, 0.2) is 0 Å². The van der Waals surface area contributed by atoms with Gasteiger partial charge in [-0.05, 0) is 25.2 Å². The number of nitrogens with zero attached hydrogens (tertiary/aromatic N) is 2. The smallest absolute Gasteiger partial charge is 0.195 e. The molecule has 0 aromatic rings. The maximum absolute atomic E-state index is 12.1. The van der Waals surface area contributed by atoms with Crippen LogP contribution in [0.1, 0.15) is 19.3 Å². The lowest BCUT2D eigenvalue weighted by atomic mass is 10.2. The van der Waals surface area contributed by atoms with Crippen molar-refractivity contribution in [3.05, 3.63) is 0 Å². The van der Waals surface area contributed by atoms with Crippen LogP contribution in [0.25, 0.3) is 0 Å². The van der Waals surface area contributed by atoms with E-state index in [2.05, 4.69) is 0 Å². The lowest BCUT2D eigenvalue weighted by Gasteiger charge is -2.23. The Hall–Kier alpha value is 0.160. The van der Waals surface area contributed by atoms with Crippen LogP contribution in [0.4, 0.5) is 0 Å². The zero-order valence-electron chi connectivity index (χ0n) is 8.73. The Bertz CT molecular complexity index is 314. The van der Waals surface area contributed by atoms with E-state index in [1.807, 2.05) is 0 Å². The molecule has 2 fully saturated rings. The molecular formula is C9H17ClN2O2S. The molecule has 1 unspecified atom stereocenters. The summed E-state index contributed by atoms with van der Waals surface area (Å²) >= 11 is 5.75. The Balaban J connectivity index is 2.03. The molecule has 2 aliphatic rings. The summed E-state index contributed by atoms with van der Waals surface area (Å²) in [5, 5.41) is 0. The molecular weight excluding hydrogens is 236 g/mol. The maximum atomic E-state index is 12.1. The van der Waals surface area contributed by atoms with E-state index in [0.717, 1.165) is 19.3 Å². The topological polar surface area (TPSA) is 40.6 Å². The molecule has 4 nitrogen and oxygen atoms in total. The molecule has 6 heteroatoms. The fourth-order valence-electron chi connectivity index (χ4n) is 2.21. The average Bonchev–Trinajstić information content (AvgIpc) is 2.89. The van der Waals surface area contributed by atoms with Crippen molar-refractivity contribution in [2.24, 2.45) is 5.92 Å². The van der Waals surface area contributed by atoms with E-state index in [-0.39, 0.29) is 0 Å². The van der Waals surface area contributed by atoms with Gasteiger partial charge in [-0.15, -0.1) is 11.6 Å². The zero-order chi connectivity index (χ0) is 10.9. The van der Waals surface area contributed by atoms with Gasteiger partial charge >= 0.3 is 0 Å². The van der Waals surface area contributed by atoms with E-state index >= 15 is 0 Å². The molecule has 0 aromatic heterocycles. The summed E-state index contributed by atoms with van der Waals surface area (Å²) in [4.78, 5) is 0. The fraction of sp³-hybridized carbons (Fsp3) is 1.00. The van der Waals surface area contributed by atoms with E-state index < -0.39 is 10.2 Å². The summed E-state index contributed by atoms with van der Waals surface area (Å²) in [6.45, 7) is 2.60. The molecule has 2 rings (SSSR count). The molecule has 0 saturated carbocycles. The van der Waals surface area contributed by atoms with Crippen molar-refractivity contribution in [3.8, 4) is 0 Å². The highest BCUT2D eigenvalue weighted by molar-refractivity contribution is 7.86. The van der Waals surface area contributed by atoms with Crippen LogP contribution in [-0.4, -0.2) is 49.1 Å². The fourth-order valence-corrected chi connectivity index (χ4v) is 4.25. The first-order chi connectivity index (χ1) is 7.14. The van der Waals surface area contributed by atoms with Gasteiger partial charge in [0.15, 0.2) is 0 Å². The summed E-state index contributed by atoms with van der Waals surface area (Å²) in [5.74, 6) is 0.899. The number of hydrogen-bond acceptors (Lipinski definition) is 2. The standard InChI is InChI=1S/C9H17ClN2O2S/c10-7-9-3-6-12(8-9)15(13,14)11-4-1-2-5-11/h9H,1-8H2. The highest BCUT2D eigenvalue weighted by Crippen LogP contribution is 2.24. The predicted molar refractivity (Wildman–Crippen MR) is 60.1 cm³/mol.